The van der Waals surface area contributed by atoms with E-state index in [9.17, 15) is 13.2 Å². The van der Waals surface area contributed by atoms with Crippen LogP contribution in [0.2, 0.25) is 0 Å². The number of hydrogen-bond acceptors (Lipinski definition) is 9. The molecule has 12 heteroatoms. The van der Waals surface area contributed by atoms with Crippen molar-refractivity contribution in [1.82, 2.24) is 24.5 Å². The summed E-state index contributed by atoms with van der Waals surface area (Å²) in [6, 6.07) is 5.04. The SMILES string of the molecule is COC(=O)c1sccc1S(=O)(=O)NCCNc1cc(-n2nc(C)cc2C)ncn1. The van der Waals surface area contributed by atoms with Crippen molar-refractivity contribution in [3.05, 3.63) is 46.2 Å². The number of sulfonamides is 1. The first-order chi connectivity index (χ1) is 13.8. The number of nitrogens with one attached hydrogen (secondary N) is 2. The molecule has 0 saturated carbocycles. The maximum absolute atomic E-state index is 12.4. The van der Waals surface area contributed by atoms with Gasteiger partial charge in [-0.3, -0.25) is 0 Å². The maximum Gasteiger partial charge on any atom is 0.349 e. The van der Waals surface area contributed by atoms with Crippen molar-refractivity contribution in [3.63, 3.8) is 0 Å². The number of thiophene rings is 1. The number of hydrogen-bond donors (Lipinski definition) is 2. The number of aromatic nitrogens is 4. The first kappa shape index (κ1) is 20.9. The smallest absolute Gasteiger partial charge is 0.349 e. The van der Waals surface area contributed by atoms with Crippen molar-refractivity contribution in [2.75, 3.05) is 25.5 Å². The molecular weight excluding hydrogens is 416 g/mol. The van der Waals surface area contributed by atoms with E-state index in [1.54, 1.807) is 10.7 Å². The molecule has 0 atom stereocenters. The van der Waals surface area contributed by atoms with E-state index in [4.69, 9.17) is 0 Å². The average molecular weight is 437 g/mol. The summed E-state index contributed by atoms with van der Waals surface area (Å²) < 4.78 is 33.7. The van der Waals surface area contributed by atoms with Crippen LogP contribution >= 0.6 is 11.3 Å². The molecular formula is C17H20N6O4S2. The Morgan fingerprint density at radius 3 is 2.72 bits per heavy atom. The van der Waals surface area contributed by atoms with Crippen LogP contribution in [0, 0.1) is 13.8 Å². The van der Waals surface area contributed by atoms with Crippen molar-refractivity contribution < 1.29 is 17.9 Å². The van der Waals surface area contributed by atoms with Gasteiger partial charge in [0.1, 0.15) is 21.9 Å². The Hall–Kier alpha value is -2.83. The summed E-state index contributed by atoms with van der Waals surface area (Å²) in [5.74, 6) is 0.457. The van der Waals surface area contributed by atoms with Crippen molar-refractivity contribution in [3.8, 4) is 5.82 Å². The largest absolute Gasteiger partial charge is 0.465 e. The standard InChI is InChI=1S/C17H20N6O4S2/c1-11-8-12(2)23(22-11)15-9-14(19-10-20-15)18-5-6-21-29(25,26)13-4-7-28-16(13)17(24)27-3/h4,7-10,21H,5-6H2,1-3H3,(H,18,19,20). The summed E-state index contributed by atoms with van der Waals surface area (Å²) in [6.45, 7) is 4.20. The predicted molar refractivity (Wildman–Crippen MR) is 108 cm³/mol. The third-order valence-electron chi connectivity index (χ3n) is 3.89. The minimum Gasteiger partial charge on any atom is -0.465 e. The third kappa shape index (κ3) is 4.78. The number of aryl methyl sites for hydroxylation is 2. The van der Waals surface area contributed by atoms with E-state index >= 15 is 0 Å². The van der Waals surface area contributed by atoms with Crippen LogP contribution in [0.5, 0.6) is 0 Å². The van der Waals surface area contributed by atoms with E-state index in [0.29, 0.717) is 11.6 Å². The summed E-state index contributed by atoms with van der Waals surface area (Å²) in [7, 11) is -2.63. The lowest BCUT2D eigenvalue weighted by Crippen LogP contribution is -2.29. The first-order valence-electron chi connectivity index (χ1n) is 8.57. The average Bonchev–Trinajstić information content (AvgIpc) is 3.32. The number of nitrogens with zero attached hydrogens (tertiary/aromatic N) is 4. The molecule has 0 aliphatic heterocycles. The molecule has 0 unspecified atom stereocenters. The Morgan fingerprint density at radius 1 is 1.24 bits per heavy atom. The molecule has 0 fully saturated rings. The molecule has 3 aromatic heterocycles. The highest BCUT2D eigenvalue weighted by Crippen LogP contribution is 2.22. The molecule has 0 amide bonds. The highest BCUT2D eigenvalue weighted by atomic mass is 32.2. The second-order valence-corrected chi connectivity index (χ2v) is 8.68. The normalized spacial score (nSPS) is 11.4. The highest BCUT2D eigenvalue weighted by Gasteiger charge is 2.24. The zero-order valence-corrected chi connectivity index (χ0v) is 17.7. The number of rotatable bonds is 8. The molecule has 0 bridgehead atoms. The zero-order valence-electron chi connectivity index (χ0n) is 16.0. The van der Waals surface area contributed by atoms with Crippen molar-refractivity contribution in [2.45, 2.75) is 18.7 Å². The molecule has 0 aromatic carbocycles. The fourth-order valence-corrected chi connectivity index (χ4v) is 4.99. The number of methoxy groups -OCH3 is 1. The van der Waals surface area contributed by atoms with Crippen LogP contribution in [-0.2, 0) is 14.8 Å². The molecule has 2 N–H and O–H groups in total. The molecule has 0 spiro atoms. The van der Waals surface area contributed by atoms with Gasteiger partial charge in [0.25, 0.3) is 0 Å². The van der Waals surface area contributed by atoms with Gasteiger partial charge in [-0.15, -0.1) is 11.3 Å². The highest BCUT2D eigenvalue weighted by molar-refractivity contribution is 7.89. The van der Waals surface area contributed by atoms with Gasteiger partial charge in [0, 0.05) is 24.8 Å². The Balaban J connectivity index is 1.61. The fraction of sp³-hybridized carbons (Fsp3) is 0.294. The molecule has 0 saturated heterocycles. The molecule has 3 rings (SSSR count). The van der Waals surface area contributed by atoms with Gasteiger partial charge < -0.3 is 10.1 Å². The Kier molecular flexibility index (Phi) is 6.25. The van der Waals surface area contributed by atoms with Gasteiger partial charge in [0.2, 0.25) is 10.0 Å². The van der Waals surface area contributed by atoms with E-state index in [2.05, 4.69) is 29.8 Å². The number of carbonyl (C=O) groups is 1. The molecule has 10 nitrogen and oxygen atoms in total. The lowest BCUT2D eigenvalue weighted by Gasteiger charge is -2.09. The molecule has 0 radical (unpaired) electrons. The summed E-state index contributed by atoms with van der Waals surface area (Å²) in [5.41, 5.74) is 1.82. The van der Waals surface area contributed by atoms with Gasteiger partial charge in [0.05, 0.1) is 12.8 Å². The molecule has 0 aliphatic rings. The topological polar surface area (TPSA) is 128 Å². The quantitative estimate of drug-likeness (QED) is 0.402. The summed E-state index contributed by atoms with van der Waals surface area (Å²) in [4.78, 5) is 20.0. The van der Waals surface area contributed by atoms with Crippen LogP contribution < -0.4 is 10.0 Å². The minimum absolute atomic E-state index is 0.0401. The summed E-state index contributed by atoms with van der Waals surface area (Å²) in [6.07, 6.45) is 1.41. The Bertz CT molecular complexity index is 1120. The fourth-order valence-electron chi connectivity index (χ4n) is 2.62. The van der Waals surface area contributed by atoms with Crippen molar-refractivity contribution in [2.24, 2.45) is 0 Å². The molecule has 3 heterocycles. The second kappa shape index (κ2) is 8.68. The molecule has 3 aromatic rings. The van der Waals surface area contributed by atoms with Crippen LogP contribution in [0.4, 0.5) is 5.82 Å². The first-order valence-corrected chi connectivity index (χ1v) is 10.9. The minimum atomic E-state index is -3.84. The van der Waals surface area contributed by atoms with E-state index < -0.39 is 16.0 Å². The monoisotopic (exact) mass is 436 g/mol. The van der Waals surface area contributed by atoms with Crippen molar-refractivity contribution >= 4 is 33.1 Å². The second-order valence-electron chi connectivity index (χ2n) is 6.03. The van der Waals surface area contributed by atoms with Crippen molar-refractivity contribution in [1.29, 1.82) is 0 Å². The molecule has 29 heavy (non-hydrogen) atoms. The van der Waals surface area contributed by atoms with Gasteiger partial charge in [-0.05, 0) is 31.4 Å². The van der Waals surface area contributed by atoms with Crippen LogP contribution in [0.25, 0.3) is 5.82 Å². The number of esters is 1. The number of ether oxygens (including phenoxy) is 1. The van der Waals surface area contributed by atoms with Gasteiger partial charge in [-0.25, -0.2) is 32.6 Å². The maximum atomic E-state index is 12.4. The van der Waals surface area contributed by atoms with E-state index in [0.717, 1.165) is 22.7 Å². The Labute approximate surface area is 172 Å². The van der Waals surface area contributed by atoms with Crippen LogP contribution in [0.15, 0.2) is 34.8 Å². The van der Waals surface area contributed by atoms with Crippen LogP contribution in [-0.4, -0.2) is 54.3 Å². The van der Waals surface area contributed by atoms with Gasteiger partial charge in [0.15, 0.2) is 5.82 Å². The third-order valence-corrected chi connectivity index (χ3v) is 6.42. The Morgan fingerprint density at radius 2 is 2.03 bits per heavy atom. The van der Waals surface area contributed by atoms with Gasteiger partial charge in [-0.1, -0.05) is 0 Å². The van der Waals surface area contributed by atoms with Gasteiger partial charge in [-0.2, -0.15) is 5.10 Å². The predicted octanol–water partition coefficient (Wildman–Crippen LogP) is 1.52. The lowest BCUT2D eigenvalue weighted by molar-refractivity contribution is 0.0602. The summed E-state index contributed by atoms with van der Waals surface area (Å²) >= 11 is 1.01. The van der Waals surface area contributed by atoms with E-state index in [-0.39, 0.29) is 22.9 Å². The van der Waals surface area contributed by atoms with E-state index in [1.807, 2.05) is 19.9 Å². The summed E-state index contributed by atoms with van der Waals surface area (Å²) in [5, 5.41) is 8.95. The van der Waals surface area contributed by atoms with E-state index in [1.165, 1.54) is 24.9 Å². The van der Waals surface area contributed by atoms with Crippen LogP contribution in [0.1, 0.15) is 21.1 Å². The molecule has 154 valence electrons. The lowest BCUT2D eigenvalue weighted by atomic mass is 10.4. The van der Waals surface area contributed by atoms with Gasteiger partial charge >= 0.3 is 5.97 Å². The number of anilines is 1. The van der Waals surface area contributed by atoms with Crippen LogP contribution in [0.3, 0.4) is 0 Å². The number of carbonyl (C=O) groups excluding carboxylic acids is 1. The zero-order chi connectivity index (χ0) is 21.0. The molecule has 0 aliphatic carbocycles.